The molecule has 0 N–H and O–H groups in total. The van der Waals surface area contributed by atoms with Crippen LogP contribution in [0.3, 0.4) is 0 Å². The molecule has 2 rings (SSSR count). The number of cyclic esters (lactones) is 1. The summed E-state index contributed by atoms with van der Waals surface area (Å²) in [5.41, 5.74) is 2.14. The number of Topliss-reactive ketones (excluding diaryl/α,β-unsaturated/α-hetero) is 1. The Balaban J connectivity index is 2.71. The Hall–Kier alpha value is -1.40. The van der Waals surface area contributed by atoms with Crippen LogP contribution in [-0.4, -0.2) is 51.7 Å². The largest absolute Gasteiger partial charge is 0.457 e. The average Bonchev–Trinajstić information content (AvgIpc) is 3.35. The van der Waals surface area contributed by atoms with Gasteiger partial charge in [-0.25, -0.2) is 4.98 Å². The Morgan fingerprint density at radius 3 is 2.04 bits per heavy atom. The summed E-state index contributed by atoms with van der Waals surface area (Å²) in [6.07, 6.45) is 5.84. The Kier molecular flexibility index (Phi) is 14.8. The number of ether oxygens (including phenoxy) is 1. The molecule has 1 aromatic heterocycles. The van der Waals surface area contributed by atoms with Crippen LogP contribution in [0.15, 0.2) is 22.6 Å². The fourth-order valence-corrected chi connectivity index (χ4v) is 9.79. The molecule has 0 aromatic carbocycles. The van der Waals surface area contributed by atoms with Crippen LogP contribution in [0.4, 0.5) is 0 Å². The first-order valence-electron chi connectivity index (χ1n) is 18.5. The Morgan fingerprint density at radius 1 is 0.980 bits per heavy atom. The second-order valence-electron chi connectivity index (χ2n) is 18.6. The molecule has 280 valence electrons. The molecule has 1 aliphatic rings. The normalized spacial score (nSPS) is 28.9. The maximum absolute atomic E-state index is 14.9. The van der Waals surface area contributed by atoms with Crippen molar-refractivity contribution in [3.63, 3.8) is 0 Å². The van der Waals surface area contributed by atoms with Crippen molar-refractivity contribution in [2.75, 3.05) is 0 Å². The quantitative estimate of drug-likeness (QED) is 0.165. The lowest BCUT2D eigenvalue weighted by atomic mass is 9.73. The van der Waals surface area contributed by atoms with Gasteiger partial charge in [0.25, 0.3) is 0 Å². The summed E-state index contributed by atoms with van der Waals surface area (Å²) in [7, 11) is -4.61. The van der Waals surface area contributed by atoms with Gasteiger partial charge in [-0.1, -0.05) is 87.8 Å². The predicted molar refractivity (Wildman–Crippen MR) is 213 cm³/mol. The molecule has 6 atom stereocenters. The van der Waals surface area contributed by atoms with E-state index in [0.717, 1.165) is 35.5 Å². The molecule has 1 aromatic rings. The van der Waals surface area contributed by atoms with Gasteiger partial charge in [-0.2, -0.15) is 0 Å². The molecule has 2 heterocycles. The smallest absolute Gasteiger partial charge is 0.309 e. The number of nitrogens with zero attached hydrogens (tertiary/aromatic N) is 1. The molecule has 9 heteroatoms. The van der Waals surface area contributed by atoms with Crippen LogP contribution in [0.5, 0.6) is 0 Å². The summed E-state index contributed by atoms with van der Waals surface area (Å²) in [5.74, 6) is -0.496. The lowest BCUT2D eigenvalue weighted by Gasteiger charge is -2.46. The van der Waals surface area contributed by atoms with Crippen molar-refractivity contribution in [1.82, 2.24) is 4.98 Å². The molecule has 0 unspecified atom stereocenters. The molecule has 0 radical (unpaired) electrons. The van der Waals surface area contributed by atoms with Crippen molar-refractivity contribution in [3.05, 3.63) is 33.3 Å². The van der Waals surface area contributed by atoms with Crippen LogP contribution in [0.25, 0.3) is 6.08 Å². The van der Waals surface area contributed by atoms with E-state index in [1.165, 1.54) is 5.57 Å². The summed E-state index contributed by atoms with van der Waals surface area (Å²) in [6.45, 7) is 38.8. The first kappa shape index (κ1) is 43.8. The van der Waals surface area contributed by atoms with E-state index in [0.29, 0.717) is 0 Å². The van der Waals surface area contributed by atoms with Gasteiger partial charge in [0.1, 0.15) is 11.9 Å². The van der Waals surface area contributed by atoms with Crippen molar-refractivity contribution in [1.29, 1.82) is 0 Å². The van der Waals surface area contributed by atoms with E-state index in [-0.39, 0.29) is 52.1 Å². The fraction of sp³-hybridized carbons (Fsp3) is 0.775. The highest BCUT2D eigenvalue weighted by molar-refractivity contribution is 7.09. The van der Waals surface area contributed by atoms with Crippen LogP contribution < -0.4 is 0 Å². The van der Waals surface area contributed by atoms with E-state index >= 15 is 0 Å². The van der Waals surface area contributed by atoms with Crippen molar-refractivity contribution < 1.29 is 23.2 Å². The van der Waals surface area contributed by atoms with Crippen LogP contribution in [0.2, 0.25) is 36.3 Å². The minimum atomic E-state index is -2.40. The SMILES string of the molecule is C/C1=C/[C@H](C)[C@@H](/C(C)=C/c2csc(C)n2)OC(=O)C[C@H](O[Si](C)(C)C(C)(C)C)C(C)(C)C(=O)[C@H](C)[C@@H](O[Si](C)(C)C(C)(C)C)[C@@H](C)CCC1. The molecule has 0 fully saturated rings. The molecular formula is C40H71NO5SSi2. The number of thiazole rings is 1. The number of hydrogen-bond donors (Lipinski definition) is 0. The Bertz CT molecular complexity index is 1350. The van der Waals surface area contributed by atoms with Gasteiger partial charge < -0.3 is 13.6 Å². The fourth-order valence-electron chi connectivity index (χ4n) is 6.30. The highest BCUT2D eigenvalue weighted by Gasteiger charge is 2.50. The number of ketones is 1. The monoisotopic (exact) mass is 733 g/mol. The molecule has 0 amide bonds. The molecule has 0 bridgehead atoms. The minimum absolute atomic E-state index is 0.00368. The molecule has 49 heavy (non-hydrogen) atoms. The van der Waals surface area contributed by atoms with Gasteiger partial charge in [0.05, 0.1) is 29.3 Å². The van der Waals surface area contributed by atoms with Crippen LogP contribution in [0.1, 0.15) is 126 Å². The number of rotatable bonds is 6. The van der Waals surface area contributed by atoms with Gasteiger partial charge >= 0.3 is 5.97 Å². The summed E-state index contributed by atoms with van der Waals surface area (Å²) >= 11 is 1.61. The van der Waals surface area contributed by atoms with E-state index in [2.05, 4.69) is 99.6 Å². The summed E-state index contributed by atoms with van der Waals surface area (Å²) < 4.78 is 20.6. The summed E-state index contributed by atoms with van der Waals surface area (Å²) in [5, 5.41) is 2.93. The molecule has 6 nitrogen and oxygen atoms in total. The molecular weight excluding hydrogens is 663 g/mol. The number of carbonyl (C=O) groups is 2. The first-order valence-corrected chi connectivity index (χ1v) is 25.2. The Labute approximate surface area is 306 Å². The standard InChI is InChI=1S/C40H71NO5SSi2/c1-26-20-19-21-27(2)36(46-49(17,18)39(10,11)12)30(5)37(43)40(13,14)33(45-48(15,16)38(7,8)9)24-34(42)44-35(28(3)22-26)29(4)23-32-25-47-31(6)41-32/h22-23,25,27-28,30,33,35-36H,19-21,24H2,1-18H3/b26-22-,29-23+/t27-,28-,30+,33-,35-,36-/m0/s1. The van der Waals surface area contributed by atoms with Gasteiger partial charge in [0.2, 0.25) is 0 Å². The predicted octanol–water partition coefficient (Wildman–Crippen LogP) is 11.6. The van der Waals surface area contributed by atoms with E-state index in [9.17, 15) is 9.59 Å². The van der Waals surface area contributed by atoms with Crippen molar-refractivity contribution >= 4 is 45.8 Å². The van der Waals surface area contributed by atoms with Crippen LogP contribution >= 0.6 is 11.3 Å². The van der Waals surface area contributed by atoms with E-state index in [4.69, 9.17) is 13.6 Å². The zero-order valence-electron chi connectivity index (χ0n) is 34.4. The van der Waals surface area contributed by atoms with Gasteiger partial charge in [-0.05, 0) is 93.9 Å². The average molecular weight is 734 g/mol. The summed E-state index contributed by atoms with van der Waals surface area (Å²) in [4.78, 5) is 33.6. The molecule has 0 spiro atoms. The molecule has 0 aliphatic carbocycles. The van der Waals surface area contributed by atoms with Gasteiger partial charge in [0, 0.05) is 22.6 Å². The van der Waals surface area contributed by atoms with Gasteiger partial charge in [-0.3, -0.25) is 9.59 Å². The molecule has 0 saturated heterocycles. The number of allylic oxidation sites excluding steroid dienone is 1. The number of aromatic nitrogens is 1. The second-order valence-corrected chi connectivity index (χ2v) is 29.2. The lowest BCUT2D eigenvalue weighted by Crippen LogP contribution is -2.54. The third kappa shape index (κ3) is 11.5. The zero-order valence-corrected chi connectivity index (χ0v) is 37.2. The highest BCUT2D eigenvalue weighted by atomic mass is 32.1. The van der Waals surface area contributed by atoms with E-state index in [1.807, 2.05) is 46.1 Å². The maximum atomic E-state index is 14.9. The third-order valence-corrected chi connectivity index (χ3v) is 21.5. The third-order valence-electron chi connectivity index (χ3n) is 11.7. The van der Waals surface area contributed by atoms with Crippen molar-refractivity contribution in [2.45, 2.75) is 177 Å². The number of esters is 1. The van der Waals surface area contributed by atoms with Crippen LogP contribution in [-0.2, 0) is 23.2 Å². The topological polar surface area (TPSA) is 74.7 Å². The lowest BCUT2D eigenvalue weighted by molar-refractivity contribution is -0.154. The first-order chi connectivity index (χ1) is 22.1. The number of aryl methyl sites for hydroxylation is 1. The second kappa shape index (κ2) is 16.5. The van der Waals surface area contributed by atoms with Crippen LogP contribution in [0, 0.1) is 30.1 Å². The van der Waals surface area contributed by atoms with E-state index < -0.39 is 34.3 Å². The van der Waals surface area contributed by atoms with Crippen molar-refractivity contribution in [3.8, 4) is 0 Å². The Morgan fingerprint density at radius 2 is 1.53 bits per heavy atom. The van der Waals surface area contributed by atoms with Gasteiger partial charge in [0.15, 0.2) is 16.6 Å². The van der Waals surface area contributed by atoms with Crippen molar-refractivity contribution in [2.24, 2.45) is 23.2 Å². The maximum Gasteiger partial charge on any atom is 0.309 e. The van der Waals surface area contributed by atoms with E-state index in [1.54, 1.807) is 11.3 Å². The minimum Gasteiger partial charge on any atom is -0.457 e. The molecule has 0 saturated carbocycles. The molecule has 1 aliphatic heterocycles. The highest BCUT2D eigenvalue weighted by Crippen LogP contribution is 2.44. The number of carbonyl (C=O) groups excluding carboxylic acids is 2. The zero-order chi connectivity index (χ0) is 37.9. The summed E-state index contributed by atoms with van der Waals surface area (Å²) in [6, 6.07) is 0. The van der Waals surface area contributed by atoms with Gasteiger partial charge in [-0.15, -0.1) is 11.3 Å². The number of hydrogen-bond acceptors (Lipinski definition) is 7.